The number of nitro groups is 1. The maximum absolute atomic E-state index is 11.8. The molecule has 1 aromatic rings. The standard InChI is InChI=1S/C14H16ClNO3/c1-2-3-4-5-12(15)10-14(17)11-6-8-13(9-7-11)16(18)19/h6-10H,2-5H2,1H3/b12-10+. The van der Waals surface area contributed by atoms with Crippen LogP contribution in [-0.2, 0) is 0 Å². The van der Waals surface area contributed by atoms with Crippen molar-refractivity contribution < 1.29 is 9.72 Å². The van der Waals surface area contributed by atoms with Gasteiger partial charge in [-0.3, -0.25) is 14.9 Å². The van der Waals surface area contributed by atoms with E-state index < -0.39 is 4.92 Å². The highest BCUT2D eigenvalue weighted by molar-refractivity contribution is 6.31. The monoisotopic (exact) mass is 281 g/mol. The van der Waals surface area contributed by atoms with Crippen molar-refractivity contribution in [3.63, 3.8) is 0 Å². The molecule has 0 unspecified atom stereocenters. The molecule has 5 heteroatoms. The molecule has 102 valence electrons. The van der Waals surface area contributed by atoms with Gasteiger partial charge in [0.2, 0.25) is 0 Å². The largest absolute Gasteiger partial charge is 0.289 e. The molecule has 0 atom stereocenters. The van der Waals surface area contributed by atoms with Crippen molar-refractivity contribution in [2.24, 2.45) is 0 Å². The molecule has 1 aromatic carbocycles. The molecule has 4 nitrogen and oxygen atoms in total. The molecule has 0 saturated heterocycles. The van der Waals surface area contributed by atoms with Crippen LogP contribution >= 0.6 is 11.6 Å². The smallest absolute Gasteiger partial charge is 0.269 e. The Balaban J connectivity index is 2.66. The normalized spacial score (nSPS) is 11.4. The molecule has 0 heterocycles. The number of rotatable bonds is 7. The lowest BCUT2D eigenvalue weighted by Gasteiger charge is -1.99. The second kappa shape index (κ2) is 7.69. The van der Waals surface area contributed by atoms with Gasteiger partial charge in [-0.05, 0) is 25.0 Å². The molecule has 0 aliphatic carbocycles. The number of non-ortho nitro benzene ring substituents is 1. The van der Waals surface area contributed by atoms with E-state index in [9.17, 15) is 14.9 Å². The quantitative estimate of drug-likeness (QED) is 0.243. The molecule has 0 radical (unpaired) electrons. The maximum Gasteiger partial charge on any atom is 0.269 e. The van der Waals surface area contributed by atoms with Crippen molar-refractivity contribution in [1.82, 2.24) is 0 Å². The van der Waals surface area contributed by atoms with Gasteiger partial charge in [-0.2, -0.15) is 0 Å². The van der Waals surface area contributed by atoms with Crippen molar-refractivity contribution in [3.8, 4) is 0 Å². The predicted octanol–water partition coefficient (Wildman–Crippen LogP) is 4.48. The number of nitrogens with zero attached hydrogens (tertiary/aromatic N) is 1. The van der Waals surface area contributed by atoms with Crippen LogP contribution < -0.4 is 0 Å². The van der Waals surface area contributed by atoms with E-state index in [1.165, 1.54) is 30.3 Å². The first-order valence-corrected chi connectivity index (χ1v) is 6.57. The molecule has 0 amide bonds. The van der Waals surface area contributed by atoms with Crippen LogP contribution in [0.1, 0.15) is 43.0 Å². The first-order chi connectivity index (χ1) is 9.04. The van der Waals surface area contributed by atoms with Crippen LogP contribution in [-0.4, -0.2) is 10.7 Å². The van der Waals surface area contributed by atoms with Crippen LogP contribution in [0.4, 0.5) is 5.69 Å². The third-order valence-electron chi connectivity index (χ3n) is 2.67. The average Bonchev–Trinajstić information content (AvgIpc) is 2.39. The molecule has 0 N–H and O–H groups in total. The average molecular weight is 282 g/mol. The van der Waals surface area contributed by atoms with E-state index in [1.54, 1.807) is 0 Å². The number of carbonyl (C=O) groups excluding carboxylic acids is 1. The van der Waals surface area contributed by atoms with Gasteiger partial charge in [0.15, 0.2) is 5.78 Å². The molecule has 0 aliphatic heterocycles. The summed E-state index contributed by atoms with van der Waals surface area (Å²) < 4.78 is 0. The fourth-order valence-electron chi connectivity index (χ4n) is 1.59. The lowest BCUT2D eigenvalue weighted by molar-refractivity contribution is -0.384. The highest BCUT2D eigenvalue weighted by Gasteiger charge is 2.08. The van der Waals surface area contributed by atoms with Gasteiger partial charge in [0.25, 0.3) is 5.69 Å². The zero-order chi connectivity index (χ0) is 14.3. The summed E-state index contributed by atoms with van der Waals surface area (Å²) in [5, 5.41) is 11.0. The fraction of sp³-hybridized carbons (Fsp3) is 0.357. The van der Waals surface area contributed by atoms with E-state index in [4.69, 9.17) is 11.6 Å². The minimum atomic E-state index is -0.498. The highest BCUT2D eigenvalue weighted by atomic mass is 35.5. The Bertz CT molecular complexity index is 480. The first-order valence-electron chi connectivity index (χ1n) is 6.19. The zero-order valence-electron chi connectivity index (χ0n) is 10.8. The molecule has 0 aliphatic rings. The lowest BCUT2D eigenvalue weighted by Crippen LogP contribution is -1.96. The number of nitro benzene ring substituents is 1. The molecule has 0 fully saturated rings. The summed E-state index contributed by atoms with van der Waals surface area (Å²) in [5.41, 5.74) is 0.369. The molecule has 19 heavy (non-hydrogen) atoms. The Kier molecular flexibility index (Phi) is 6.22. The minimum Gasteiger partial charge on any atom is -0.289 e. The number of halogens is 1. The molecule has 1 rings (SSSR count). The van der Waals surface area contributed by atoms with Gasteiger partial charge in [0.05, 0.1) is 4.92 Å². The number of ketones is 1. The zero-order valence-corrected chi connectivity index (χ0v) is 11.5. The molecule has 0 saturated carbocycles. The Morgan fingerprint density at radius 3 is 2.47 bits per heavy atom. The summed E-state index contributed by atoms with van der Waals surface area (Å²) in [5.74, 6) is -0.226. The van der Waals surface area contributed by atoms with Crippen LogP contribution in [0.3, 0.4) is 0 Å². The third-order valence-corrected chi connectivity index (χ3v) is 2.97. The number of hydrogen-bond acceptors (Lipinski definition) is 3. The summed E-state index contributed by atoms with van der Waals surface area (Å²) in [7, 11) is 0. The molecular weight excluding hydrogens is 266 g/mol. The van der Waals surface area contributed by atoms with E-state index in [0.29, 0.717) is 17.0 Å². The van der Waals surface area contributed by atoms with Crippen LogP contribution in [0.2, 0.25) is 0 Å². The van der Waals surface area contributed by atoms with Gasteiger partial charge >= 0.3 is 0 Å². The topological polar surface area (TPSA) is 60.2 Å². The number of unbranched alkanes of at least 4 members (excludes halogenated alkanes) is 2. The van der Waals surface area contributed by atoms with E-state index in [2.05, 4.69) is 6.92 Å². The Hall–Kier alpha value is -1.68. The van der Waals surface area contributed by atoms with Gasteiger partial charge in [0.1, 0.15) is 0 Å². The van der Waals surface area contributed by atoms with Gasteiger partial charge in [0, 0.05) is 28.8 Å². The van der Waals surface area contributed by atoms with E-state index >= 15 is 0 Å². The second-order valence-electron chi connectivity index (χ2n) is 4.22. The van der Waals surface area contributed by atoms with Crippen LogP contribution in [0.5, 0.6) is 0 Å². The van der Waals surface area contributed by atoms with Gasteiger partial charge in [-0.1, -0.05) is 31.4 Å². The van der Waals surface area contributed by atoms with Gasteiger partial charge in [-0.15, -0.1) is 0 Å². The van der Waals surface area contributed by atoms with E-state index in [1.807, 2.05) is 0 Å². The van der Waals surface area contributed by atoms with Gasteiger partial charge < -0.3 is 0 Å². The SMILES string of the molecule is CCCCC/C(Cl)=C\C(=O)c1ccc([N+](=O)[O-])cc1. The van der Waals surface area contributed by atoms with Crippen molar-refractivity contribution in [1.29, 1.82) is 0 Å². The summed E-state index contributed by atoms with van der Waals surface area (Å²) in [6.07, 6.45) is 5.21. The van der Waals surface area contributed by atoms with Crippen molar-refractivity contribution in [2.45, 2.75) is 32.6 Å². The first kappa shape index (κ1) is 15.4. The maximum atomic E-state index is 11.8. The number of carbonyl (C=O) groups is 1. The Morgan fingerprint density at radius 1 is 1.32 bits per heavy atom. The summed E-state index contributed by atoms with van der Waals surface area (Å²) >= 11 is 5.98. The number of hydrogen-bond donors (Lipinski definition) is 0. The Labute approximate surface area is 117 Å². The van der Waals surface area contributed by atoms with Crippen LogP contribution in [0.15, 0.2) is 35.4 Å². The molecular formula is C14H16ClNO3. The number of benzene rings is 1. The van der Waals surface area contributed by atoms with Gasteiger partial charge in [-0.25, -0.2) is 0 Å². The summed E-state index contributed by atoms with van der Waals surface area (Å²) in [4.78, 5) is 21.8. The second-order valence-corrected chi connectivity index (χ2v) is 4.70. The Morgan fingerprint density at radius 2 is 1.95 bits per heavy atom. The molecule has 0 aromatic heterocycles. The van der Waals surface area contributed by atoms with Crippen LogP contribution in [0, 0.1) is 10.1 Å². The molecule has 0 spiro atoms. The minimum absolute atomic E-state index is 0.0328. The van der Waals surface area contributed by atoms with Crippen LogP contribution in [0.25, 0.3) is 0 Å². The van der Waals surface area contributed by atoms with Crippen molar-refractivity contribution in [3.05, 3.63) is 51.1 Å². The van der Waals surface area contributed by atoms with E-state index in [-0.39, 0.29) is 11.5 Å². The molecule has 0 bridgehead atoms. The van der Waals surface area contributed by atoms with Crippen molar-refractivity contribution in [2.75, 3.05) is 0 Å². The summed E-state index contributed by atoms with van der Waals surface area (Å²) in [6, 6.07) is 5.50. The fourth-order valence-corrected chi connectivity index (χ4v) is 1.82. The number of allylic oxidation sites excluding steroid dienone is 2. The predicted molar refractivity (Wildman–Crippen MR) is 75.5 cm³/mol. The highest BCUT2D eigenvalue weighted by Crippen LogP contribution is 2.16. The summed E-state index contributed by atoms with van der Waals surface area (Å²) in [6.45, 7) is 2.10. The third kappa shape index (κ3) is 5.22. The lowest BCUT2D eigenvalue weighted by atomic mass is 10.1. The van der Waals surface area contributed by atoms with E-state index in [0.717, 1.165) is 19.3 Å². The van der Waals surface area contributed by atoms with Crippen molar-refractivity contribution >= 4 is 23.1 Å².